The first-order valence-electron chi connectivity index (χ1n) is 15.1. The number of nitrogens with zero attached hydrogens (tertiary/aromatic N) is 5. The second-order valence-corrected chi connectivity index (χ2v) is 13.3. The number of morpholine rings is 1. The van der Waals surface area contributed by atoms with Gasteiger partial charge in [-0.3, -0.25) is 9.36 Å². The zero-order chi connectivity index (χ0) is 31.4. The molecule has 2 fully saturated rings. The van der Waals surface area contributed by atoms with Crippen molar-refractivity contribution in [3.05, 3.63) is 66.5 Å². The van der Waals surface area contributed by atoms with Gasteiger partial charge in [-0.15, -0.1) is 0 Å². The monoisotopic (exact) mass is 639 g/mol. The average Bonchev–Trinajstić information content (AvgIpc) is 3.45. The number of anilines is 2. The number of sulfone groups is 1. The maximum atomic E-state index is 14.2. The molecule has 1 aliphatic carbocycles. The number of aromatic nitrogens is 4. The summed E-state index contributed by atoms with van der Waals surface area (Å²) in [5.74, 6) is -0.0241. The Bertz CT molecular complexity index is 1740. The number of rotatable bonds is 10. The van der Waals surface area contributed by atoms with Crippen LogP contribution in [0.15, 0.2) is 65.6 Å². The number of nitrogens with one attached hydrogen (secondary N) is 2. The quantitative estimate of drug-likeness (QED) is 0.263. The molecule has 2 aromatic carbocycles. The van der Waals surface area contributed by atoms with Gasteiger partial charge in [0.2, 0.25) is 11.9 Å². The molecule has 0 spiro atoms. The van der Waals surface area contributed by atoms with E-state index in [-0.39, 0.29) is 22.7 Å². The van der Waals surface area contributed by atoms with Crippen molar-refractivity contribution in [1.82, 2.24) is 24.8 Å². The highest BCUT2D eigenvalue weighted by molar-refractivity contribution is 7.92. The molecule has 238 valence electrons. The van der Waals surface area contributed by atoms with Crippen LogP contribution in [-0.4, -0.2) is 78.5 Å². The maximum Gasteiger partial charge on any atom is 0.296 e. The van der Waals surface area contributed by atoms with E-state index in [9.17, 15) is 22.0 Å². The molecule has 2 aromatic heterocycles. The predicted molar refractivity (Wildman–Crippen MR) is 166 cm³/mol. The van der Waals surface area contributed by atoms with Crippen molar-refractivity contribution < 1.29 is 26.7 Å². The summed E-state index contributed by atoms with van der Waals surface area (Å²) in [4.78, 5) is 28.3. The highest BCUT2D eigenvalue weighted by Gasteiger charge is 2.26. The number of benzene rings is 2. The largest absolute Gasteiger partial charge is 0.378 e. The molecule has 2 aliphatic rings. The lowest BCUT2D eigenvalue weighted by Gasteiger charge is -2.31. The van der Waals surface area contributed by atoms with Crippen molar-refractivity contribution in [1.29, 1.82) is 0 Å². The lowest BCUT2D eigenvalue weighted by atomic mass is 9.86. The van der Waals surface area contributed by atoms with E-state index in [2.05, 4.69) is 20.5 Å². The number of alkyl halides is 2. The third kappa shape index (κ3) is 7.22. The average molecular weight is 640 g/mol. The van der Waals surface area contributed by atoms with E-state index in [1.54, 1.807) is 48.5 Å². The Balaban J connectivity index is 1.13. The van der Waals surface area contributed by atoms with E-state index < -0.39 is 27.9 Å². The molecule has 11 nitrogen and oxygen atoms in total. The van der Waals surface area contributed by atoms with Gasteiger partial charge in [-0.1, -0.05) is 30.3 Å². The number of halogens is 2. The van der Waals surface area contributed by atoms with Crippen LogP contribution in [0.25, 0.3) is 16.9 Å². The minimum atomic E-state index is -3.70. The van der Waals surface area contributed by atoms with Gasteiger partial charge in [-0.25, -0.2) is 22.2 Å². The second kappa shape index (κ2) is 13.4. The molecular formula is C31H35F2N7O4S. The highest BCUT2D eigenvalue weighted by atomic mass is 32.2. The van der Waals surface area contributed by atoms with Crippen LogP contribution < -0.4 is 15.5 Å². The number of para-hydroxylation sites is 2. The summed E-state index contributed by atoms with van der Waals surface area (Å²) in [6, 6.07) is 16.7. The van der Waals surface area contributed by atoms with Crippen molar-refractivity contribution in [3.63, 3.8) is 0 Å². The summed E-state index contributed by atoms with van der Waals surface area (Å²) >= 11 is 0. The van der Waals surface area contributed by atoms with E-state index >= 15 is 0 Å². The molecule has 1 saturated carbocycles. The van der Waals surface area contributed by atoms with E-state index in [0.717, 1.165) is 25.7 Å². The predicted octanol–water partition coefficient (Wildman–Crippen LogP) is 4.15. The minimum Gasteiger partial charge on any atom is -0.378 e. The fourth-order valence-corrected chi connectivity index (χ4v) is 7.06. The normalized spacial score (nSPS) is 19.1. The molecule has 0 radical (unpaired) electrons. The Morgan fingerprint density at radius 3 is 2.36 bits per heavy atom. The molecule has 1 saturated heterocycles. The smallest absolute Gasteiger partial charge is 0.296 e. The molecule has 4 aromatic rings. The Morgan fingerprint density at radius 1 is 0.933 bits per heavy atom. The number of ether oxygens (including phenoxy) is 1. The van der Waals surface area contributed by atoms with Gasteiger partial charge in [0, 0.05) is 31.7 Å². The molecule has 0 atom stereocenters. The number of carbonyl (C=O) groups is 1. The van der Waals surface area contributed by atoms with Crippen LogP contribution in [-0.2, 0) is 19.4 Å². The zero-order valence-corrected chi connectivity index (χ0v) is 25.4. The van der Waals surface area contributed by atoms with Crippen LogP contribution in [0.3, 0.4) is 0 Å². The molecule has 3 heterocycles. The first kappa shape index (κ1) is 30.8. The third-order valence-corrected chi connectivity index (χ3v) is 9.87. The van der Waals surface area contributed by atoms with Gasteiger partial charge in [-0.05, 0) is 55.9 Å². The number of fused-ring (bicyclic) bond motifs is 1. The van der Waals surface area contributed by atoms with Gasteiger partial charge in [0.1, 0.15) is 17.4 Å². The molecule has 0 unspecified atom stereocenters. The lowest BCUT2D eigenvalue weighted by molar-refractivity contribution is -0.118. The molecule has 45 heavy (non-hydrogen) atoms. The van der Waals surface area contributed by atoms with Crippen LogP contribution in [0.4, 0.5) is 20.5 Å². The molecule has 1 amide bonds. The topological polar surface area (TPSA) is 131 Å². The Morgan fingerprint density at radius 2 is 1.62 bits per heavy atom. The highest BCUT2D eigenvalue weighted by Crippen LogP contribution is 2.31. The fourth-order valence-electron chi connectivity index (χ4n) is 5.87. The number of carbonyl (C=O) groups excluding carboxylic acids is 1. The summed E-state index contributed by atoms with van der Waals surface area (Å²) in [6.07, 6.45) is 0.367. The summed E-state index contributed by atoms with van der Waals surface area (Å²) in [7, 11) is -3.70. The standard InChI is InChI=1S/C31H35F2N7O4S/c32-29(33)30-36-24-8-4-5-9-25(24)40(30)27-18-26(39-14-16-44-17-15-39)37-31(38-27)35-22-12-10-21(11-13-22)19-34-28(41)20-45(42,43)23-6-2-1-3-7-23/h1-9,18,21-22,29H,10-17,19-20H2,(H,34,41)(H,35,37,38). The van der Waals surface area contributed by atoms with E-state index in [1.165, 1.54) is 16.7 Å². The van der Waals surface area contributed by atoms with E-state index in [0.29, 0.717) is 61.5 Å². The van der Waals surface area contributed by atoms with Gasteiger partial charge in [0.15, 0.2) is 15.7 Å². The van der Waals surface area contributed by atoms with Crippen LogP contribution in [0.2, 0.25) is 0 Å². The number of hydrogen-bond acceptors (Lipinski definition) is 9. The van der Waals surface area contributed by atoms with E-state index in [1.807, 2.05) is 0 Å². The van der Waals surface area contributed by atoms with Crippen LogP contribution in [0, 0.1) is 5.92 Å². The SMILES string of the molecule is O=C(CS(=O)(=O)c1ccccc1)NCC1CCC(Nc2nc(N3CCOCC3)cc(-n3c(C(F)F)nc4ccccc43)n2)CC1. The fraction of sp³-hybridized carbons (Fsp3) is 0.419. The van der Waals surface area contributed by atoms with Crippen molar-refractivity contribution in [2.45, 2.75) is 43.0 Å². The zero-order valence-electron chi connectivity index (χ0n) is 24.6. The molecule has 1 aliphatic heterocycles. The maximum absolute atomic E-state index is 14.2. The first-order valence-corrected chi connectivity index (χ1v) is 16.7. The van der Waals surface area contributed by atoms with Crippen LogP contribution in [0.1, 0.15) is 37.9 Å². The molecular weight excluding hydrogens is 604 g/mol. The van der Waals surface area contributed by atoms with Crippen molar-refractivity contribution in [2.75, 3.05) is 48.8 Å². The van der Waals surface area contributed by atoms with Gasteiger partial charge >= 0.3 is 0 Å². The summed E-state index contributed by atoms with van der Waals surface area (Å²) in [6.45, 7) is 2.71. The van der Waals surface area contributed by atoms with Crippen molar-refractivity contribution in [2.24, 2.45) is 5.92 Å². The van der Waals surface area contributed by atoms with Crippen molar-refractivity contribution in [3.8, 4) is 5.82 Å². The Hall–Kier alpha value is -4.17. The van der Waals surface area contributed by atoms with Gasteiger partial charge in [0.25, 0.3) is 6.43 Å². The summed E-state index contributed by atoms with van der Waals surface area (Å²) < 4.78 is 60.3. The van der Waals surface area contributed by atoms with Gasteiger partial charge in [0.05, 0.1) is 29.1 Å². The summed E-state index contributed by atoms with van der Waals surface area (Å²) in [5.41, 5.74) is 0.987. The number of amides is 1. The first-order chi connectivity index (χ1) is 21.8. The number of hydrogen-bond donors (Lipinski definition) is 2. The van der Waals surface area contributed by atoms with E-state index in [4.69, 9.17) is 14.7 Å². The van der Waals surface area contributed by atoms with Gasteiger partial charge in [-0.2, -0.15) is 9.97 Å². The summed E-state index contributed by atoms with van der Waals surface area (Å²) in [5, 5.41) is 6.22. The Kier molecular flexibility index (Phi) is 9.21. The van der Waals surface area contributed by atoms with Crippen LogP contribution >= 0.6 is 0 Å². The molecule has 6 rings (SSSR count). The minimum absolute atomic E-state index is 0.0392. The van der Waals surface area contributed by atoms with Crippen LogP contribution in [0.5, 0.6) is 0 Å². The molecule has 0 bridgehead atoms. The molecule has 14 heteroatoms. The second-order valence-electron chi connectivity index (χ2n) is 11.3. The Labute approximate surface area is 259 Å². The van der Waals surface area contributed by atoms with Gasteiger partial charge < -0.3 is 20.3 Å². The van der Waals surface area contributed by atoms with Crippen molar-refractivity contribution >= 4 is 38.5 Å². The third-order valence-electron chi connectivity index (χ3n) is 8.24. The lowest BCUT2D eigenvalue weighted by Crippen LogP contribution is -2.37. The molecule has 2 N–H and O–H groups in total. The number of imidazole rings is 1.